The van der Waals surface area contributed by atoms with E-state index in [1.165, 1.54) is 35.1 Å². The van der Waals surface area contributed by atoms with Gasteiger partial charge in [-0.2, -0.15) is 0 Å². The van der Waals surface area contributed by atoms with Crippen LogP contribution >= 0.6 is 27.3 Å². The van der Waals surface area contributed by atoms with Crippen molar-refractivity contribution in [2.45, 2.75) is 13.3 Å². The largest absolute Gasteiger partial charge is 0.325 e. The fourth-order valence-corrected chi connectivity index (χ4v) is 3.44. The maximum absolute atomic E-state index is 13.1. The molecule has 0 saturated heterocycles. The van der Waals surface area contributed by atoms with Gasteiger partial charge in [-0.3, -0.25) is 4.79 Å². The fourth-order valence-electron chi connectivity index (χ4n) is 2.17. The van der Waals surface area contributed by atoms with Crippen molar-refractivity contribution >= 4 is 38.9 Å². The summed E-state index contributed by atoms with van der Waals surface area (Å²) in [6, 6.07) is 12.3. The Morgan fingerprint density at radius 1 is 1.25 bits per heavy atom. The van der Waals surface area contributed by atoms with Gasteiger partial charge in [0.25, 0.3) is 0 Å². The number of nitrogens with one attached hydrogen (secondary N) is 1. The smallest absolute Gasteiger partial charge is 0.230 e. The summed E-state index contributed by atoms with van der Waals surface area (Å²) in [4.78, 5) is 16.7. The lowest BCUT2D eigenvalue weighted by Crippen LogP contribution is -2.15. The number of nitrogens with zero attached hydrogens (tertiary/aromatic N) is 1. The van der Waals surface area contributed by atoms with Gasteiger partial charge in [-0.05, 0) is 41.1 Å². The standard InChI is InChI=1S/C18H14BrFN2OS/c1-11-2-4-12(5-3-11)18-21-14(10-24-18)9-17(23)22-16-7-6-13(20)8-15(16)19/h2-8,10H,9H2,1H3,(H,22,23). The first-order valence-electron chi connectivity index (χ1n) is 7.27. The highest BCUT2D eigenvalue weighted by molar-refractivity contribution is 9.10. The average Bonchev–Trinajstić information content (AvgIpc) is 2.99. The van der Waals surface area contributed by atoms with Crippen molar-refractivity contribution < 1.29 is 9.18 Å². The molecular weight excluding hydrogens is 391 g/mol. The Hall–Kier alpha value is -2.05. The molecule has 1 aromatic heterocycles. The molecule has 3 rings (SSSR count). The lowest BCUT2D eigenvalue weighted by atomic mass is 10.2. The minimum Gasteiger partial charge on any atom is -0.325 e. The maximum Gasteiger partial charge on any atom is 0.230 e. The summed E-state index contributed by atoms with van der Waals surface area (Å²) < 4.78 is 13.6. The van der Waals surface area contributed by atoms with E-state index >= 15 is 0 Å². The van der Waals surface area contributed by atoms with Crippen LogP contribution in [0.3, 0.4) is 0 Å². The zero-order chi connectivity index (χ0) is 17.1. The summed E-state index contributed by atoms with van der Waals surface area (Å²) >= 11 is 4.75. The normalized spacial score (nSPS) is 10.6. The quantitative estimate of drug-likeness (QED) is 0.648. The van der Waals surface area contributed by atoms with Crippen molar-refractivity contribution in [1.82, 2.24) is 4.98 Å². The van der Waals surface area contributed by atoms with Gasteiger partial charge in [-0.25, -0.2) is 9.37 Å². The van der Waals surface area contributed by atoms with Crippen LogP contribution in [0, 0.1) is 12.7 Å². The molecule has 0 unspecified atom stereocenters. The molecule has 0 radical (unpaired) electrons. The first-order valence-corrected chi connectivity index (χ1v) is 8.95. The third-order valence-electron chi connectivity index (χ3n) is 3.40. The fraction of sp³-hybridized carbons (Fsp3) is 0.111. The number of hydrogen-bond acceptors (Lipinski definition) is 3. The zero-order valence-electron chi connectivity index (χ0n) is 12.8. The highest BCUT2D eigenvalue weighted by atomic mass is 79.9. The lowest BCUT2D eigenvalue weighted by molar-refractivity contribution is -0.115. The molecule has 1 amide bonds. The summed E-state index contributed by atoms with van der Waals surface area (Å²) in [7, 11) is 0. The van der Waals surface area contributed by atoms with E-state index in [9.17, 15) is 9.18 Å². The number of aromatic nitrogens is 1. The van der Waals surface area contributed by atoms with E-state index < -0.39 is 0 Å². The van der Waals surface area contributed by atoms with Crippen molar-refractivity contribution in [3.8, 4) is 10.6 Å². The van der Waals surface area contributed by atoms with E-state index in [2.05, 4.69) is 26.2 Å². The van der Waals surface area contributed by atoms with Crippen molar-refractivity contribution in [3.63, 3.8) is 0 Å². The van der Waals surface area contributed by atoms with Gasteiger partial charge >= 0.3 is 0 Å². The lowest BCUT2D eigenvalue weighted by Gasteiger charge is -2.06. The van der Waals surface area contributed by atoms with Gasteiger partial charge in [0.15, 0.2) is 0 Å². The molecule has 3 nitrogen and oxygen atoms in total. The molecule has 0 aliphatic heterocycles. The molecule has 3 aromatic rings. The molecule has 0 fully saturated rings. The van der Waals surface area contributed by atoms with Crippen LogP contribution in [0.1, 0.15) is 11.3 Å². The van der Waals surface area contributed by atoms with Gasteiger partial charge in [-0.1, -0.05) is 29.8 Å². The third-order valence-corrected chi connectivity index (χ3v) is 4.99. The van der Waals surface area contributed by atoms with Crippen LogP contribution in [0.5, 0.6) is 0 Å². The Morgan fingerprint density at radius 2 is 2.00 bits per heavy atom. The minimum absolute atomic E-state index is 0.173. The second-order valence-electron chi connectivity index (χ2n) is 5.36. The molecule has 122 valence electrons. The number of aryl methyl sites for hydroxylation is 1. The van der Waals surface area contributed by atoms with Crippen LogP contribution in [0.2, 0.25) is 0 Å². The van der Waals surface area contributed by atoms with Crippen LogP contribution in [-0.4, -0.2) is 10.9 Å². The van der Waals surface area contributed by atoms with Gasteiger partial charge in [-0.15, -0.1) is 11.3 Å². The van der Waals surface area contributed by atoms with E-state index in [4.69, 9.17) is 0 Å². The van der Waals surface area contributed by atoms with Crippen molar-refractivity contribution in [3.05, 3.63) is 69.4 Å². The first kappa shape index (κ1) is 16.8. The Kier molecular flexibility index (Phi) is 5.06. The molecule has 0 saturated carbocycles. The topological polar surface area (TPSA) is 42.0 Å². The minimum atomic E-state index is -0.359. The van der Waals surface area contributed by atoms with E-state index in [0.717, 1.165) is 10.6 Å². The van der Waals surface area contributed by atoms with Crippen molar-refractivity contribution in [2.75, 3.05) is 5.32 Å². The molecule has 1 heterocycles. The highest BCUT2D eigenvalue weighted by Gasteiger charge is 2.11. The Bertz CT molecular complexity index is 877. The number of benzene rings is 2. The first-order chi connectivity index (χ1) is 11.5. The average molecular weight is 405 g/mol. The van der Waals surface area contributed by atoms with Crippen molar-refractivity contribution in [2.24, 2.45) is 0 Å². The van der Waals surface area contributed by atoms with Gasteiger partial charge < -0.3 is 5.32 Å². The number of rotatable bonds is 4. The van der Waals surface area contributed by atoms with Gasteiger partial charge in [0.1, 0.15) is 10.8 Å². The van der Waals surface area contributed by atoms with Crippen LogP contribution in [-0.2, 0) is 11.2 Å². The molecular formula is C18H14BrFN2OS. The second-order valence-corrected chi connectivity index (χ2v) is 7.07. The van der Waals surface area contributed by atoms with Crippen LogP contribution in [0.4, 0.5) is 10.1 Å². The number of carbonyl (C=O) groups excluding carboxylic acids is 1. The molecule has 0 aliphatic rings. The van der Waals surface area contributed by atoms with Crippen LogP contribution < -0.4 is 5.32 Å². The molecule has 2 aromatic carbocycles. The molecule has 1 N–H and O–H groups in total. The molecule has 6 heteroatoms. The van der Waals surface area contributed by atoms with Crippen molar-refractivity contribution in [1.29, 1.82) is 0 Å². The van der Waals surface area contributed by atoms with Gasteiger partial charge in [0.2, 0.25) is 5.91 Å². The molecule has 0 bridgehead atoms. The van der Waals surface area contributed by atoms with E-state index in [0.29, 0.717) is 15.9 Å². The van der Waals surface area contributed by atoms with Crippen LogP contribution in [0.15, 0.2) is 52.3 Å². The summed E-state index contributed by atoms with van der Waals surface area (Å²) in [6.07, 6.45) is 0.173. The molecule has 0 spiro atoms. The van der Waals surface area contributed by atoms with Crippen LogP contribution in [0.25, 0.3) is 10.6 Å². The van der Waals surface area contributed by atoms with Gasteiger partial charge in [0, 0.05) is 15.4 Å². The SMILES string of the molecule is Cc1ccc(-c2nc(CC(=O)Nc3ccc(F)cc3Br)cs2)cc1. The summed E-state index contributed by atoms with van der Waals surface area (Å²) in [5.41, 5.74) is 3.49. The van der Waals surface area contributed by atoms with Gasteiger partial charge in [0.05, 0.1) is 17.8 Å². The Labute approximate surface area is 151 Å². The predicted octanol–water partition coefficient (Wildman–Crippen LogP) is 5.20. The summed E-state index contributed by atoms with van der Waals surface area (Å²) in [5, 5.41) is 5.53. The summed E-state index contributed by atoms with van der Waals surface area (Å²) in [6.45, 7) is 2.04. The zero-order valence-corrected chi connectivity index (χ0v) is 15.2. The van der Waals surface area contributed by atoms with E-state index in [1.807, 2.05) is 36.6 Å². The number of anilines is 1. The third kappa shape index (κ3) is 4.07. The molecule has 24 heavy (non-hydrogen) atoms. The van der Waals surface area contributed by atoms with E-state index in [1.54, 1.807) is 0 Å². The number of thiazole rings is 1. The Balaban J connectivity index is 1.68. The second kappa shape index (κ2) is 7.23. The molecule has 0 aliphatic carbocycles. The van der Waals surface area contributed by atoms with E-state index in [-0.39, 0.29) is 18.1 Å². The predicted molar refractivity (Wildman–Crippen MR) is 98.7 cm³/mol. The number of halogens is 2. The maximum atomic E-state index is 13.1. The number of carbonyl (C=O) groups is 1. The number of hydrogen-bond donors (Lipinski definition) is 1. The highest BCUT2D eigenvalue weighted by Crippen LogP contribution is 2.25. The molecule has 0 atom stereocenters. The number of amides is 1. The summed E-state index contributed by atoms with van der Waals surface area (Å²) in [5.74, 6) is -0.551. The monoisotopic (exact) mass is 404 g/mol. The Morgan fingerprint density at radius 3 is 2.71 bits per heavy atom.